The number of halogens is 2. The molecule has 1 amide bonds. The molecule has 43 heavy (non-hydrogen) atoms. The van der Waals surface area contributed by atoms with Gasteiger partial charge in [-0.15, -0.1) is 11.8 Å². The van der Waals surface area contributed by atoms with Crippen LogP contribution >= 0.6 is 35.0 Å². The van der Waals surface area contributed by atoms with Crippen molar-refractivity contribution in [3.8, 4) is 5.75 Å². The number of hydrogen-bond donors (Lipinski definition) is 2. The normalized spacial score (nSPS) is 15.5. The number of carbonyl (C=O) groups is 1. The zero-order valence-electron chi connectivity index (χ0n) is 23.6. The van der Waals surface area contributed by atoms with Crippen molar-refractivity contribution in [2.75, 3.05) is 12.8 Å². The Morgan fingerprint density at radius 3 is 2.63 bits per heavy atom. The van der Waals surface area contributed by atoms with E-state index in [1.54, 1.807) is 6.07 Å². The fourth-order valence-corrected chi connectivity index (χ4v) is 7.90. The smallest absolute Gasteiger partial charge is 0.245 e. The highest BCUT2D eigenvalue weighted by molar-refractivity contribution is 8.13. The number of fused-ring (bicyclic) bond motifs is 1. The molecule has 8 nitrogen and oxygen atoms in total. The number of sulfonamides is 1. The summed E-state index contributed by atoms with van der Waals surface area (Å²) >= 11 is 14.5. The van der Waals surface area contributed by atoms with Crippen molar-refractivity contribution in [3.05, 3.63) is 99.2 Å². The minimum atomic E-state index is -4.14. The fraction of sp³-hybridized carbons (Fsp3) is 0.258. The third kappa shape index (κ3) is 6.68. The number of ether oxygens (including phenoxy) is 1. The van der Waals surface area contributed by atoms with Crippen LogP contribution in [0.5, 0.6) is 5.75 Å². The highest BCUT2D eigenvalue weighted by atomic mass is 35.5. The molecule has 0 aliphatic carbocycles. The van der Waals surface area contributed by atoms with Gasteiger partial charge in [0, 0.05) is 40.3 Å². The van der Waals surface area contributed by atoms with Gasteiger partial charge in [-0.1, -0.05) is 65.7 Å². The van der Waals surface area contributed by atoms with Crippen LogP contribution in [-0.2, 0) is 28.0 Å². The maximum Gasteiger partial charge on any atom is 0.245 e. The number of nitrogens with one attached hydrogen (secondary N) is 2. The number of amides is 1. The minimum absolute atomic E-state index is 0.0427. The van der Waals surface area contributed by atoms with Gasteiger partial charge in [0.15, 0.2) is 0 Å². The zero-order chi connectivity index (χ0) is 30.7. The molecule has 1 fully saturated rings. The summed E-state index contributed by atoms with van der Waals surface area (Å²) in [4.78, 5) is 17.6. The molecule has 3 aromatic carbocycles. The molecule has 0 bridgehead atoms. The highest BCUT2D eigenvalue weighted by Crippen LogP contribution is 2.36. The van der Waals surface area contributed by atoms with Crippen molar-refractivity contribution in [1.29, 1.82) is 5.41 Å². The molecule has 1 atom stereocenters. The maximum absolute atomic E-state index is 13.9. The van der Waals surface area contributed by atoms with E-state index in [1.165, 1.54) is 28.2 Å². The number of benzene rings is 3. The average molecular weight is 658 g/mol. The molecule has 2 N–H and O–H groups in total. The summed E-state index contributed by atoms with van der Waals surface area (Å²) in [5.74, 6) is 0.143. The Morgan fingerprint density at radius 1 is 1.12 bits per heavy atom. The molecule has 1 aliphatic heterocycles. The summed E-state index contributed by atoms with van der Waals surface area (Å²) < 4.78 is 35.0. The SMILES string of the molecule is CSC(=N)c1ccc(CNC(=O)[C@@H]2CCCN2S(=O)(=O)c2ccc(Cl)c(COc3cccc4ccc(C)nc34)c2Cl)cc1. The van der Waals surface area contributed by atoms with E-state index >= 15 is 0 Å². The summed E-state index contributed by atoms with van der Waals surface area (Å²) in [6, 6.07) is 18.8. The van der Waals surface area contributed by atoms with E-state index in [2.05, 4.69) is 10.3 Å². The topological polar surface area (TPSA) is 112 Å². The number of aromatic nitrogens is 1. The van der Waals surface area contributed by atoms with E-state index in [4.69, 9.17) is 33.3 Å². The number of rotatable bonds is 9. The van der Waals surface area contributed by atoms with E-state index in [9.17, 15) is 13.2 Å². The quantitative estimate of drug-likeness (QED) is 0.155. The van der Waals surface area contributed by atoms with Crippen LogP contribution in [0.4, 0.5) is 0 Å². The molecule has 224 valence electrons. The van der Waals surface area contributed by atoms with Crippen molar-refractivity contribution < 1.29 is 17.9 Å². The second-order valence-electron chi connectivity index (χ2n) is 10.1. The van der Waals surface area contributed by atoms with Gasteiger partial charge in [0.25, 0.3) is 0 Å². The van der Waals surface area contributed by atoms with Gasteiger partial charge in [-0.25, -0.2) is 13.4 Å². The van der Waals surface area contributed by atoms with Gasteiger partial charge in [0.2, 0.25) is 15.9 Å². The molecule has 5 rings (SSSR count). The molecule has 1 aromatic heterocycles. The number of carbonyl (C=O) groups excluding carboxylic acids is 1. The van der Waals surface area contributed by atoms with Crippen molar-refractivity contribution >= 4 is 66.8 Å². The van der Waals surface area contributed by atoms with Crippen LogP contribution in [0.3, 0.4) is 0 Å². The van der Waals surface area contributed by atoms with Gasteiger partial charge >= 0.3 is 0 Å². The van der Waals surface area contributed by atoms with E-state index in [1.807, 2.05) is 61.7 Å². The van der Waals surface area contributed by atoms with Crippen molar-refractivity contribution in [2.24, 2.45) is 0 Å². The van der Waals surface area contributed by atoms with Crippen molar-refractivity contribution in [1.82, 2.24) is 14.6 Å². The van der Waals surface area contributed by atoms with Gasteiger partial charge in [0.1, 0.15) is 28.8 Å². The largest absolute Gasteiger partial charge is 0.487 e. The third-order valence-electron chi connectivity index (χ3n) is 7.33. The summed E-state index contributed by atoms with van der Waals surface area (Å²) in [5, 5.41) is 12.4. The lowest BCUT2D eigenvalue weighted by Gasteiger charge is -2.24. The second kappa shape index (κ2) is 13.2. The number of aryl methyl sites for hydroxylation is 1. The lowest BCUT2D eigenvalue weighted by atomic mass is 10.1. The molecule has 0 saturated carbocycles. The predicted molar refractivity (Wildman–Crippen MR) is 173 cm³/mol. The average Bonchev–Trinajstić information content (AvgIpc) is 3.51. The van der Waals surface area contributed by atoms with Gasteiger partial charge < -0.3 is 10.1 Å². The Balaban J connectivity index is 1.33. The van der Waals surface area contributed by atoms with E-state index in [-0.39, 0.29) is 40.5 Å². The lowest BCUT2D eigenvalue weighted by Crippen LogP contribution is -2.45. The van der Waals surface area contributed by atoms with E-state index in [0.29, 0.717) is 34.7 Å². The van der Waals surface area contributed by atoms with Crippen LogP contribution in [-0.4, -0.2) is 47.5 Å². The van der Waals surface area contributed by atoms with Crippen LogP contribution < -0.4 is 10.1 Å². The first kappa shape index (κ1) is 31.3. The van der Waals surface area contributed by atoms with Crippen LogP contribution in [0.1, 0.15) is 35.2 Å². The molecule has 4 aromatic rings. The van der Waals surface area contributed by atoms with E-state index in [0.717, 1.165) is 22.2 Å². The lowest BCUT2D eigenvalue weighted by molar-refractivity contribution is -0.124. The van der Waals surface area contributed by atoms with Crippen molar-refractivity contribution in [2.45, 2.75) is 43.9 Å². The molecular weight excluding hydrogens is 627 g/mol. The van der Waals surface area contributed by atoms with Crippen LogP contribution in [0.15, 0.2) is 71.6 Å². The van der Waals surface area contributed by atoms with Gasteiger partial charge in [-0.3, -0.25) is 10.2 Å². The Kier molecular flexibility index (Phi) is 9.63. The molecule has 2 heterocycles. The minimum Gasteiger partial charge on any atom is -0.487 e. The van der Waals surface area contributed by atoms with E-state index < -0.39 is 16.1 Å². The third-order valence-corrected chi connectivity index (χ3v) is 10.8. The van der Waals surface area contributed by atoms with Crippen molar-refractivity contribution in [3.63, 3.8) is 0 Å². The summed E-state index contributed by atoms with van der Waals surface area (Å²) in [5.41, 5.74) is 3.49. The number of nitrogens with zero attached hydrogens (tertiary/aromatic N) is 2. The fourth-order valence-electron chi connectivity index (χ4n) is 5.01. The number of thioether (sulfide) groups is 1. The first-order chi connectivity index (χ1) is 20.6. The highest BCUT2D eigenvalue weighted by Gasteiger charge is 2.40. The molecule has 1 aliphatic rings. The Bertz CT molecular complexity index is 1800. The zero-order valence-corrected chi connectivity index (χ0v) is 26.7. The Labute approximate surface area is 265 Å². The number of para-hydroxylation sites is 1. The summed E-state index contributed by atoms with van der Waals surface area (Å²) in [6.07, 6.45) is 2.77. The first-order valence-corrected chi connectivity index (χ1v) is 17.0. The monoisotopic (exact) mass is 656 g/mol. The van der Waals surface area contributed by atoms with Gasteiger partial charge in [-0.05, 0) is 55.9 Å². The van der Waals surface area contributed by atoms with Gasteiger partial charge in [-0.2, -0.15) is 4.31 Å². The van der Waals surface area contributed by atoms with Gasteiger partial charge in [0.05, 0.1) is 10.1 Å². The summed E-state index contributed by atoms with van der Waals surface area (Å²) in [7, 11) is -4.14. The number of pyridine rings is 1. The molecule has 1 saturated heterocycles. The Hall–Kier alpha value is -3.15. The van der Waals surface area contributed by atoms with Crippen LogP contribution in [0, 0.1) is 12.3 Å². The maximum atomic E-state index is 13.9. The van der Waals surface area contributed by atoms with Crippen LogP contribution in [0.2, 0.25) is 10.0 Å². The molecule has 12 heteroatoms. The molecule has 0 radical (unpaired) electrons. The predicted octanol–water partition coefficient (Wildman–Crippen LogP) is 6.59. The summed E-state index contributed by atoms with van der Waals surface area (Å²) in [6.45, 7) is 2.25. The Morgan fingerprint density at radius 2 is 1.88 bits per heavy atom. The molecule has 0 unspecified atom stereocenters. The number of hydrogen-bond acceptors (Lipinski definition) is 7. The first-order valence-electron chi connectivity index (χ1n) is 13.6. The molecule has 0 spiro atoms. The van der Waals surface area contributed by atoms with Crippen LogP contribution in [0.25, 0.3) is 10.9 Å². The molecular formula is C31H30Cl2N4O4S2. The standard InChI is InChI=1S/C31H30Cl2N4O4S2/c1-19-8-11-21-5-3-7-26(29(21)36-19)41-18-23-24(32)14-15-27(28(23)33)43(39,40)37-16-4-6-25(37)31(38)35-17-20-9-12-22(13-10-20)30(34)42-2/h3,5,7-15,25,34H,4,6,16-18H2,1-2H3,(H,35,38)/t25-/m0/s1. The second-order valence-corrected chi connectivity index (χ2v) is 13.6.